The zero-order valence-electron chi connectivity index (χ0n) is 12.2. The second kappa shape index (κ2) is 7.44. The van der Waals surface area contributed by atoms with E-state index in [1.54, 1.807) is 0 Å². The van der Waals surface area contributed by atoms with Crippen molar-refractivity contribution in [2.24, 2.45) is 5.92 Å². The van der Waals surface area contributed by atoms with Crippen LogP contribution in [0, 0.1) is 12.8 Å². The van der Waals surface area contributed by atoms with Gasteiger partial charge in [0, 0.05) is 10.5 Å². The Morgan fingerprint density at radius 1 is 1.21 bits per heavy atom. The Bertz CT molecular complexity index is 394. The maximum absolute atomic E-state index is 3.73. The first-order chi connectivity index (χ1) is 9.22. The van der Waals surface area contributed by atoms with E-state index < -0.39 is 0 Å². The molecule has 1 N–H and O–H groups in total. The van der Waals surface area contributed by atoms with E-state index in [1.807, 2.05) is 0 Å². The summed E-state index contributed by atoms with van der Waals surface area (Å²) in [5, 5.41) is 3.73. The molecular weight excluding hydrogens is 298 g/mol. The highest BCUT2D eigenvalue weighted by molar-refractivity contribution is 9.10. The van der Waals surface area contributed by atoms with E-state index in [9.17, 15) is 0 Å². The van der Waals surface area contributed by atoms with Gasteiger partial charge < -0.3 is 5.32 Å². The van der Waals surface area contributed by atoms with Crippen molar-refractivity contribution in [3.05, 3.63) is 33.8 Å². The normalized spacial score (nSPS) is 19.1. The van der Waals surface area contributed by atoms with Gasteiger partial charge in [0.05, 0.1) is 0 Å². The molecule has 0 radical (unpaired) electrons. The van der Waals surface area contributed by atoms with Gasteiger partial charge in [-0.25, -0.2) is 0 Å². The van der Waals surface area contributed by atoms with Gasteiger partial charge in [0.25, 0.3) is 0 Å². The average Bonchev–Trinajstić information content (AvgIpc) is 2.68. The summed E-state index contributed by atoms with van der Waals surface area (Å²) in [6.45, 7) is 5.45. The van der Waals surface area contributed by atoms with Gasteiger partial charge in [-0.3, -0.25) is 0 Å². The van der Waals surface area contributed by atoms with Gasteiger partial charge in [-0.1, -0.05) is 60.7 Å². The maximum atomic E-state index is 3.73. The minimum Gasteiger partial charge on any atom is -0.310 e. The lowest BCUT2D eigenvalue weighted by molar-refractivity contribution is 0.330. The Morgan fingerprint density at radius 3 is 2.47 bits per heavy atom. The van der Waals surface area contributed by atoms with Crippen LogP contribution in [-0.4, -0.2) is 6.54 Å². The molecule has 0 spiro atoms. The van der Waals surface area contributed by atoms with Crippen LogP contribution in [0.2, 0.25) is 0 Å². The van der Waals surface area contributed by atoms with Crippen molar-refractivity contribution in [1.82, 2.24) is 5.32 Å². The van der Waals surface area contributed by atoms with Crippen LogP contribution in [0.15, 0.2) is 22.7 Å². The molecule has 1 aliphatic carbocycles. The van der Waals surface area contributed by atoms with Crippen molar-refractivity contribution in [2.45, 2.75) is 58.4 Å². The molecule has 1 aromatic rings. The predicted molar refractivity (Wildman–Crippen MR) is 86.5 cm³/mol. The molecule has 2 heteroatoms. The molecule has 106 valence electrons. The second-order valence-electron chi connectivity index (χ2n) is 5.80. The van der Waals surface area contributed by atoms with E-state index in [4.69, 9.17) is 0 Å². The van der Waals surface area contributed by atoms with Gasteiger partial charge in [0.1, 0.15) is 0 Å². The molecule has 0 heterocycles. The molecule has 1 saturated carbocycles. The van der Waals surface area contributed by atoms with Gasteiger partial charge in [-0.05, 0) is 49.4 Å². The highest BCUT2D eigenvalue weighted by Crippen LogP contribution is 2.34. The monoisotopic (exact) mass is 323 g/mol. The summed E-state index contributed by atoms with van der Waals surface area (Å²) in [7, 11) is 0. The molecule has 1 nitrogen and oxygen atoms in total. The molecule has 1 atom stereocenters. The van der Waals surface area contributed by atoms with Crippen molar-refractivity contribution in [3.63, 3.8) is 0 Å². The molecular formula is C17H26BrN. The van der Waals surface area contributed by atoms with Crippen LogP contribution in [0.5, 0.6) is 0 Å². The second-order valence-corrected chi connectivity index (χ2v) is 6.65. The fourth-order valence-corrected chi connectivity index (χ4v) is 3.53. The van der Waals surface area contributed by atoms with Crippen molar-refractivity contribution in [2.75, 3.05) is 6.54 Å². The van der Waals surface area contributed by atoms with E-state index >= 15 is 0 Å². The van der Waals surface area contributed by atoms with E-state index in [2.05, 4.69) is 53.3 Å². The number of hydrogen-bond donors (Lipinski definition) is 1. The quantitative estimate of drug-likeness (QED) is 0.733. The van der Waals surface area contributed by atoms with Crippen molar-refractivity contribution in [1.29, 1.82) is 0 Å². The van der Waals surface area contributed by atoms with Crippen LogP contribution in [0.25, 0.3) is 0 Å². The Labute approximate surface area is 126 Å². The Hall–Kier alpha value is -0.340. The zero-order chi connectivity index (χ0) is 13.7. The largest absolute Gasteiger partial charge is 0.310 e. The lowest BCUT2D eigenvalue weighted by Crippen LogP contribution is -2.28. The molecule has 1 aromatic carbocycles. The van der Waals surface area contributed by atoms with Gasteiger partial charge in [0.2, 0.25) is 0 Å². The summed E-state index contributed by atoms with van der Waals surface area (Å²) in [6.07, 6.45) is 8.42. The van der Waals surface area contributed by atoms with Crippen LogP contribution in [0.1, 0.15) is 62.6 Å². The first-order valence-electron chi connectivity index (χ1n) is 7.71. The van der Waals surface area contributed by atoms with Crippen LogP contribution in [0.3, 0.4) is 0 Å². The fraction of sp³-hybridized carbons (Fsp3) is 0.647. The van der Waals surface area contributed by atoms with Gasteiger partial charge in [0.15, 0.2) is 0 Å². The molecule has 19 heavy (non-hydrogen) atoms. The third-order valence-electron chi connectivity index (χ3n) is 4.34. The molecule has 1 unspecified atom stereocenters. The summed E-state index contributed by atoms with van der Waals surface area (Å²) in [6, 6.07) is 7.37. The van der Waals surface area contributed by atoms with Crippen LogP contribution < -0.4 is 5.32 Å². The first-order valence-corrected chi connectivity index (χ1v) is 8.51. The fourth-order valence-electron chi connectivity index (χ4n) is 3.28. The summed E-state index contributed by atoms with van der Waals surface area (Å²) in [5.74, 6) is 0.808. The predicted octanol–water partition coefficient (Wildman–Crippen LogP) is 5.38. The third kappa shape index (κ3) is 4.06. The number of aryl methyl sites for hydroxylation is 1. The van der Waals surface area contributed by atoms with E-state index in [0.29, 0.717) is 6.04 Å². The highest BCUT2D eigenvalue weighted by Gasteiger charge is 2.23. The minimum atomic E-state index is 0.537. The van der Waals surface area contributed by atoms with Crippen LogP contribution >= 0.6 is 15.9 Å². The maximum Gasteiger partial charge on any atom is 0.0348 e. The topological polar surface area (TPSA) is 12.0 Å². The Morgan fingerprint density at radius 2 is 1.89 bits per heavy atom. The molecule has 0 saturated heterocycles. The summed E-state index contributed by atoms with van der Waals surface area (Å²) in [5.41, 5.74) is 2.81. The third-order valence-corrected chi connectivity index (χ3v) is 5.23. The minimum absolute atomic E-state index is 0.537. The van der Waals surface area contributed by atoms with E-state index in [0.717, 1.165) is 12.5 Å². The zero-order valence-corrected chi connectivity index (χ0v) is 13.8. The molecule has 0 aromatic heterocycles. The Balaban J connectivity index is 2.19. The number of rotatable bonds is 4. The lowest BCUT2D eigenvalue weighted by atomic mass is 9.86. The number of hydrogen-bond acceptors (Lipinski definition) is 1. The average molecular weight is 324 g/mol. The van der Waals surface area contributed by atoms with E-state index in [1.165, 1.54) is 54.1 Å². The molecule has 0 amide bonds. The van der Waals surface area contributed by atoms with Crippen LogP contribution in [-0.2, 0) is 0 Å². The highest BCUT2D eigenvalue weighted by atomic mass is 79.9. The first kappa shape index (κ1) is 15.1. The van der Waals surface area contributed by atoms with Crippen LogP contribution in [0.4, 0.5) is 0 Å². The number of halogens is 1. The van der Waals surface area contributed by atoms with Crippen molar-refractivity contribution in [3.8, 4) is 0 Å². The van der Waals surface area contributed by atoms with Crippen molar-refractivity contribution < 1.29 is 0 Å². The standard InChI is InChI=1S/C17H26BrN/c1-3-19-17(14-8-6-4-5-7-9-14)15-10-11-16(18)13(2)12-15/h10-12,14,17,19H,3-9H2,1-2H3. The summed E-state index contributed by atoms with van der Waals surface area (Å²) in [4.78, 5) is 0. The molecule has 0 aliphatic heterocycles. The summed E-state index contributed by atoms with van der Waals surface area (Å²) >= 11 is 3.61. The lowest BCUT2D eigenvalue weighted by Gasteiger charge is -2.28. The molecule has 1 aliphatic rings. The van der Waals surface area contributed by atoms with Gasteiger partial charge in [-0.15, -0.1) is 0 Å². The smallest absolute Gasteiger partial charge is 0.0348 e. The number of benzene rings is 1. The molecule has 1 fully saturated rings. The number of nitrogens with one attached hydrogen (secondary N) is 1. The summed E-state index contributed by atoms with van der Waals surface area (Å²) < 4.78 is 1.22. The van der Waals surface area contributed by atoms with Crippen molar-refractivity contribution >= 4 is 15.9 Å². The molecule has 2 rings (SSSR count). The Kier molecular flexibility index (Phi) is 5.90. The SMILES string of the molecule is CCNC(c1ccc(Br)c(C)c1)C1CCCCCC1. The molecule has 0 bridgehead atoms. The van der Waals surface area contributed by atoms with Gasteiger partial charge >= 0.3 is 0 Å². The van der Waals surface area contributed by atoms with E-state index in [-0.39, 0.29) is 0 Å². The van der Waals surface area contributed by atoms with Gasteiger partial charge in [-0.2, -0.15) is 0 Å².